The standard InChI is InChI=1S/C11H11N3OS/c15-10(12-8-3-4-8)9-7-16-11(13-9)14-5-1-2-6-14/h1-2,5-8H,3-4H2,(H,12,15). The zero-order valence-corrected chi connectivity index (χ0v) is 9.41. The summed E-state index contributed by atoms with van der Waals surface area (Å²) < 4.78 is 1.90. The highest BCUT2D eigenvalue weighted by atomic mass is 32.1. The lowest BCUT2D eigenvalue weighted by atomic mass is 10.4. The average molecular weight is 233 g/mol. The highest BCUT2D eigenvalue weighted by Gasteiger charge is 2.24. The molecule has 1 aliphatic rings. The number of carbonyl (C=O) groups excluding carboxylic acids is 1. The van der Waals surface area contributed by atoms with E-state index < -0.39 is 0 Å². The van der Waals surface area contributed by atoms with Gasteiger partial charge >= 0.3 is 0 Å². The summed E-state index contributed by atoms with van der Waals surface area (Å²) in [6.07, 6.45) is 6.03. The molecule has 1 fully saturated rings. The summed E-state index contributed by atoms with van der Waals surface area (Å²) in [4.78, 5) is 16.0. The summed E-state index contributed by atoms with van der Waals surface area (Å²) in [5.41, 5.74) is 0.514. The van der Waals surface area contributed by atoms with Gasteiger partial charge < -0.3 is 9.88 Å². The minimum atomic E-state index is -0.0582. The molecular formula is C11H11N3OS. The highest BCUT2D eigenvalue weighted by molar-refractivity contribution is 7.12. The first kappa shape index (κ1) is 9.59. The largest absolute Gasteiger partial charge is 0.348 e. The predicted octanol–water partition coefficient (Wildman–Crippen LogP) is 1.83. The normalized spacial score (nSPS) is 15.0. The molecule has 0 aliphatic heterocycles. The van der Waals surface area contributed by atoms with E-state index in [2.05, 4.69) is 10.3 Å². The summed E-state index contributed by atoms with van der Waals surface area (Å²) in [7, 11) is 0. The van der Waals surface area contributed by atoms with Gasteiger partial charge in [-0.05, 0) is 25.0 Å². The fourth-order valence-electron chi connectivity index (χ4n) is 1.44. The molecule has 5 heteroatoms. The number of aromatic nitrogens is 2. The molecule has 0 unspecified atom stereocenters. The Labute approximate surface area is 96.9 Å². The van der Waals surface area contributed by atoms with Crippen LogP contribution in [0.1, 0.15) is 23.3 Å². The van der Waals surface area contributed by atoms with Crippen LogP contribution in [0.5, 0.6) is 0 Å². The molecule has 1 saturated carbocycles. The summed E-state index contributed by atoms with van der Waals surface area (Å²) in [5.74, 6) is -0.0582. The number of thiazole rings is 1. The van der Waals surface area contributed by atoms with Crippen LogP contribution in [0.15, 0.2) is 29.9 Å². The second-order valence-corrected chi connectivity index (χ2v) is 4.69. The first-order chi connectivity index (χ1) is 7.83. The van der Waals surface area contributed by atoms with Crippen LogP contribution in [0.2, 0.25) is 0 Å². The maximum atomic E-state index is 11.7. The van der Waals surface area contributed by atoms with E-state index in [4.69, 9.17) is 0 Å². The Bertz CT molecular complexity index is 499. The zero-order valence-electron chi connectivity index (χ0n) is 8.59. The number of amides is 1. The van der Waals surface area contributed by atoms with Crippen molar-refractivity contribution in [1.29, 1.82) is 0 Å². The van der Waals surface area contributed by atoms with E-state index in [9.17, 15) is 4.79 Å². The van der Waals surface area contributed by atoms with Crippen molar-refractivity contribution in [1.82, 2.24) is 14.9 Å². The number of rotatable bonds is 3. The Morgan fingerprint density at radius 2 is 2.19 bits per heavy atom. The van der Waals surface area contributed by atoms with Crippen LogP contribution in [0, 0.1) is 0 Å². The lowest BCUT2D eigenvalue weighted by Crippen LogP contribution is -2.25. The van der Waals surface area contributed by atoms with Crippen molar-refractivity contribution in [3.05, 3.63) is 35.6 Å². The maximum Gasteiger partial charge on any atom is 0.271 e. The van der Waals surface area contributed by atoms with E-state index in [0.29, 0.717) is 11.7 Å². The first-order valence-electron chi connectivity index (χ1n) is 5.23. The van der Waals surface area contributed by atoms with Gasteiger partial charge in [-0.1, -0.05) is 0 Å². The molecule has 1 amide bonds. The summed E-state index contributed by atoms with van der Waals surface area (Å²) >= 11 is 1.47. The van der Waals surface area contributed by atoms with Crippen molar-refractivity contribution in [2.24, 2.45) is 0 Å². The van der Waals surface area contributed by atoms with Gasteiger partial charge in [0.25, 0.3) is 5.91 Å². The van der Waals surface area contributed by atoms with Gasteiger partial charge in [0.1, 0.15) is 5.69 Å². The average Bonchev–Trinajstić information content (AvgIpc) is 2.84. The number of nitrogens with zero attached hydrogens (tertiary/aromatic N) is 2. The van der Waals surface area contributed by atoms with E-state index in [0.717, 1.165) is 18.0 Å². The Hall–Kier alpha value is -1.62. The van der Waals surface area contributed by atoms with Crippen molar-refractivity contribution in [3.63, 3.8) is 0 Å². The molecule has 0 saturated heterocycles. The Morgan fingerprint density at radius 3 is 2.88 bits per heavy atom. The maximum absolute atomic E-state index is 11.7. The third-order valence-corrected chi connectivity index (χ3v) is 3.32. The van der Waals surface area contributed by atoms with Crippen molar-refractivity contribution in [2.75, 3.05) is 0 Å². The fourth-order valence-corrected chi connectivity index (χ4v) is 2.21. The van der Waals surface area contributed by atoms with Crippen molar-refractivity contribution in [2.45, 2.75) is 18.9 Å². The first-order valence-corrected chi connectivity index (χ1v) is 6.10. The van der Waals surface area contributed by atoms with Gasteiger partial charge in [0, 0.05) is 23.8 Å². The number of carbonyl (C=O) groups is 1. The number of nitrogens with one attached hydrogen (secondary N) is 1. The van der Waals surface area contributed by atoms with E-state index in [1.807, 2.05) is 29.1 Å². The van der Waals surface area contributed by atoms with Crippen LogP contribution in [0.25, 0.3) is 5.13 Å². The van der Waals surface area contributed by atoms with Crippen LogP contribution in [-0.2, 0) is 0 Å². The third kappa shape index (κ3) is 1.86. The summed E-state index contributed by atoms with van der Waals surface area (Å²) in [6, 6.07) is 4.25. The van der Waals surface area contributed by atoms with Gasteiger partial charge in [-0.15, -0.1) is 11.3 Å². The molecule has 0 spiro atoms. The molecule has 82 valence electrons. The van der Waals surface area contributed by atoms with Crippen LogP contribution in [0.3, 0.4) is 0 Å². The lowest BCUT2D eigenvalue weighted by Gasteiger charge is -1.98. The molecule has 0 atom stereocenters. The molecule has 0 bridgehead atoms. The minimum Gasteiger partial charge on any atom is -0.348 e. The number of hydrogen-bond acceptors (Lipinski definition) is 3. The molecule has 0 aromatic carbocycles. The fraction of sp³-hybridized carbons (Fsp3) is 0.273. The van der Waals surface area contributed by atoms with E-state index >= 15 is 0 Å². The second kappa shape index (κ2) is 3.75. The topological polar surface area (TPSA) is 46.9 Å². The Kier molecular flexibility index (Phi) is 2.25. The van der Waals surface area contributed by atoms with Gasteiger partial charge in [0.15, 0.2) is 5.13 Å². The van der Waals surface area contributed by atoms with E-state index in [1.54, 1.807) is 5.38 Å². The third-order valence-electron chi connectivity index (χ3n) is 2.46. The van der Waals surface area contributed by atoms with Crippen molar-refractivity contribution < 1.29 is 4.79 Å². The molecule has 16 heavy (non-hydrogen) atoms. The quantitative estimate of drug-likeness (QED) is 0.879. The molecule has 3 rings (SSSR count). The number of hydrogen-bond donors (Lipinski definition) is 1. The van der Waals surface area contributed by atoms with Crippen molar-refractivity contribution >= 4 is 17.2 Å². The van der Waals surface area contributed by atoms with Gasteiger partial charge in [-0.3, -0.25) is 4.79 Å². The second-order valence-electron chi connectivity index (χ2n) is 3.85. The van der Waals surface area contributed by atoms with Gasteiger partial charge in [0.2, 0.25) is 0 Å². The van der Waals surface area contributed by atoms with Gasteiger partial charge in [-0.2, -0.15) is 0 Å². The van der Waals surface area contributed by atoms with Crippen molar-refractivity contribution in [3.8, 4) is 5.13 Å². The zero-order chi connectivity index (χ0) is 11.0. The van der Waals surface area contributed by atoms with Crippen LogP contribution >= 0.6 is 11.3 Å². The SMILES string of the molecule is O=C(NC1CC1)c1csc(-n2cccc2)n1. The molecule has 2 aromatic rings. The summed E-state index contributed by atoms with van der Waals surface area (Å²) in [5, 5.41) is 5.55. The monoisotopic (exact) mass is 233 g/mol. The van der Waals surface area contributed by atoms with Crippen LogP contribution in [0.4, 0.5) is 0 Å². The molecule has 1 N–H and O–H groups in total. The van der Waals surface area contributed by atoms with Crippen LogP contribution in [-0.4, -0.2) is 21.5 Å². The smallest absolute Gasteiger partial charge is 0.271 e. The molecule has 1 aliphatic carbocycles. The molecule has 2 aromatic heterocycles. The molecule has 2 heterocycles. The van der Waals surface area contributed by atoms with Gasteiger partial charge in [-0.25, -0.2) is 4.98 Å². The van der Waals surface area contributed by atoms with E-state index in [1.165, 1.54) is 11.3 Å². The molecule has 0 radical (unpaired) electrons. The van der Waals surface area contributed by atoms with Gasteiger partial charge in [0.05, 0.1) is 0 Å². The Balaban J connectivity index is 1.79. The van der Waals surface area contributed by atoms with E-state index in [-0.39, 0.29) is 5.91 Å². The highest BCUT2D eigenvalue weighted by Crippen LogP contribution is 2.20. The predicted molar refractivity (Wildman–Crippen MR) is 61.9 cm³/mol. The molecular weight excluding hydrogens is 222 g/mol. The molecule has 4 nitrogen and oxygen atoms in total. The minimum absolute atomic E-state index is 0.0582. The lowest BCUT2D eigenvalue weighted by molar-refractivity contribution is 0.0947. The van der Waals surface area contributed by atoms with Crippen LogP contribution < -0.4 is 5.32 Å². The Morgan fingerprint density at radius 1 is 1.44 bits per heavy atom. The summed E-state index contributed by atoms with van der Waals surface area (Å²) in [6.45, 7) is 0.